The maximum absolute atomic E-state index is 11.5. The average molecular weight is 545 g/mol. The molecule has 4 aromatic rings. The van der Waals surface area contributed by atoms with Crippen LogP contribution in [0.3, 0.4) is 0 Å². The summed E-state index contributed by atoms with van der Waals surface area (Å²) in [6.45, 7) is 3.75. The molecule has 1 aliphatic heterocycles. The molecule has 1 aromatic carbocycles. The molecule has 5 rings (SSSR count). The van der Waals surface area contributed by atoms with E-state index in [-0.39, 0.29) is 0 Å². The number of fused-ring (bicyclic) bond motifs is 1. The van der Waals surface area contributed by atoms with Crippen LogP contribution in [0.4, 0.5) is 5.82 Å². The van der Waals surface area contributed by atoms with Crippen molar-refractivity contribution in [2.45, 2.75) is 6.54 Å². The van der Waals surface area contributed by atoms with Crippen molar-refractivity contribution in [2.75, 3.05) is 50.1 Å². The number of hydrogen-bond acceptors (Lipinski definition) is 9. The lowest BCUT2D eigenvalue weighted by molar-refractivity contribution is 0.221. The van der Waals surface area contributed by atoms with E-state index >= 15 is 0 Å². The minimum absolute atomic E-state index is 0.581. The summed E-state index contributed by atoms with van der Waals surface area (Å²) in [4.78, 5) is 19.8. The van der Waals surface area contributed by atoms with Crippen LogP contribution < -0.4 is 15.8 Å². The van der Waals surface area contributed by atoms with Gasteiger partial charge in [-0.05, 0) is 17.2 Å². The van der Waals surface area contributed by atoms with Crippen molar-refractivity contribution in [2.24, 2.45) is 10.7 Å². The Labute approximate surface area is 230 Å². The smallest absolute Gasteiger partial charge is 0.140 e. The fourth-order valence-electron chi connectivity index (χ4n) is 4.39. The molecule has 0 atom stereocenters. The molecular weight excluding hydrogens is 512 g/mol. The van der Waals surface area contributed by atoms with Gasteiger partial charge in [-0.1, -0.05) is 24.3 Å². The summed E-state index contributed by atoms with van der Waals surface area (Å²) in [6, 6.07) is 13.9. The summed E-state index contributed by atoms with van der Waals surface area (Å²) in [7, 11) is 1.06. The second-order valence-electron chi connectivity index (χ2n) is 9.12. The number of allylic oxidation sites excluding steroid dienone is 1. The molecule has 1 aliphatic rings. The van der Waals surface area contributed by atoms with Gasteiger partial charge in [-0.15, -0.1) is 0 Å². The molecule has 0 unspecified atom stereocenters. The van der Waals surface area contributed by atoms with Crippen LogP contribution in [-0.2, 0) is 17.3 Å². The molecule has 39 heavy (non-hydrogen) atoms. The second-order valence-corrected chi connectivity index (χ2v) is 10.8. The van der Waals surface area contributed by atoms with E-state index in [1.54, 1.807) is 32.0 Å². The third-order valence-corrected chi connectivity index (χ3v) is 7.85. The van der Waals surface area contributed by atoms with Crippen LogP contribution in [0.5, 0.6) is 5.75 Å². The molecular formula is C28H32N8O2S. The van der Waals surface area contributed by atoms with Crippen molar-refractivity contribution in [3.8, 4) is 17.1 Å². The zero-order valence-electron chi connectivity index (χ0n) is 21.9. The molecule has 0 spiro atoms. The lowest BCUT2D eigenvalue weighted by Crippen LogP contribution is -2.39. The molecule has 0 saturated carbocycles. The fourth-order valence-corrected chi connectivity index (χ4v) is 5.52. The number of nitrogens with two attached hydrogens (primary N) is 1. The van der Waals surface area contributed by atoms with Gasteiger partial charge in [0.05, 0.1) is 17.6 Å². The lowest BCUT2D eigenvalue weighted by Gasteiger charge is -2.25. The van der Waals surface area contributed by atoms with Gasteiger partial charge < -0.3 is 15.8 Å². The highest BCUT2D eigenvalue weighted by atomic mass is 32.2. The number of pyridine rings is 1. The summed E-state index contributed by atoms with van der Waals surface area (Å²) >= 11 is 0. The second kappa shape index (κ2) is 12.6. The van der Waals surface area contributed by atoms with E-state index in [0.717, 1.165) is 76.4 Å². The van der Waals surface area contributed by atoms with Crippen LogP contribution in [0, 0.1) is 0 Å². The molecule has 1 fully saturated rings. The number of aliphatic imine (C=N–C) groups is 1. The normalized spacial score (nSPS) is 15.3. The Kier molecular flexibility index (Phi) is 8.59. The molecule has 11 heteroatoms. The number of nitrogens with zero attached hydrogens (tertiary/aromatic N) is 6. The number of benzene rings is 1. The van der Waals surface area contributed by atoms with Crippen molar-refractivity contribution in [3.63, 3.8) is 0 Å². The minimum atomic E-state index is -0.662. The van der Waals surface area contributed by atoms with Crippen LogP contribution in [0.15, 0.2) is 72.4 Å². The van der Waals surface area contributed by atoms with Gasteiger partial charge in [0.2, 0.25) is 0 Å². The van der Waals surface area contributed by atoms with Crippen molar-refractivity contribution in [3.05, 3.63) is 78.5 Å². The van der Waals surface area contributed by atoms with Crippen LogP contribution in [-0.4, -0.2) is 79.5 Å². The Morgan fingerprint density at radius 3 is 2.74 bits per heavy atom. The number of anilines is 1. The third-order valence-electron chi connectivity index (χ3n) is 6.57. The van der Waals surface area contributed by atoms with E-state index in [9.17, 15) is 4.21 Å². The molecule has 1 saturated heterocycles. The van der Waals surface area contributed by atoms with Crippen molar-refractivity contribution in [1.29, 1.82) is 0 Å². The number of imidazole rings is 1. The predicted molar refractivity (Wildman–Crippen MR) is 156 cm³/mol. The number of rotatable bonds is 10. The van der Waals surface area contributed by atoms with Gasteiger partial charge in [0.15, 0.2) is 0 Å². The molecule has 0 bridgehead atoms. The molecule has 0 amide bonds. The van der Waals surface area contributed by atoms with E-state index in [4.69, 9.17) is 10.5 Å². The van der Waals surface area contributed by atoms with E-state index in [1.165, 1.54) is 0 Å². The maximum atomic E-state index is 11.5. The first kappa shape index (κ1) is 26.5. The van der Waals surface area contributed by atoms with Crippen LogP contribution in [0.2, 0.25) is 0 Å². The molecule has 0 radical (unpaired) electrons. The molecule has 3 aromatic heterocycles. The highest BCUT2D eigenvalue weighted by molar-refractivity contribution is 7.85. The summed E-state index contributed by atoms with van der Waals surface area (Å²) in [5.74, 6) is 2.99. The van der Waals surface area contributed by atoms with Gasteiger partial charge >= 0.3 is 0 Å². The molecule has 202 valence electrons. The number of hydrogen-bond donors (Lipinski definition) is 2. The summed E-state index contributed by atoms with van der Waals surface area (Å²) in [5, 5.41) is 3.37. The summed E-state index contributed by atoms with van der Waals surface area (Å²) in [5.41, 5.74) is 11.1. The fraction of sp³-hybridized carbons (Fsp3) is 0.286. The Balaban J connectivity index is 1.20. The Hall–Kier alpha value is -4.09. The maximum Gasteiger partial charge on any atom is 0.140 e. The molecule has 3 N–H and O–H groups in total. The predicted octanol–water partition coefficient (Wildman–Crippen LogP) is 2.85. The van der Waals surface area contributed by atoms with Gasteiger partial charge in [0.1, 0.15) is 30.1 Å². The van der Waals surface area contributed by atoms with E-state index in [0.29, 0.717) is 13.2 Å². The zero-order chi connectivity index (χ0) is 27.0. The number of aromatic nitrogens is 4. The van der Waals surface area contributed by atoms with Crippen molar-refractivity contribution >= 4 is 34.1 Å². The van der Waals surface area contributed by atoms with Gasteiger partial charge in [0, 0.05) is 91.8 Å². The highest BCUT2D eigenvalue weighted by Gasteiger charge is 2.15. The summed E-state index contributed by atoms with van der Waals surface area (Å²) in [6.07, 6.45) is 8.60. The largest absolute Gasteiger partial charge is 0.492 e. The monoisotopic (exact) mass is 544 g/mol. The average Bonchev–Trinajstić information content (AvgIpc) is 3.40. The molecule has 4 heterocycles. The first-order chi connectivity index (χ1) is 19.1. The Bertz CT molecular complexity index is 1490. The van der Waals surface area contributed by atoms with Crippen molar-refractivity contribution in [1.82, 2.24) is 24.3 Å². The topological polar surface area (TPSA) is 123 Å². The minimum Gasteiger partial charge on any atom is -0.492 e. The third kappa shape index (κ3) is 6.68. The van der Waals surface area contributed by atoms with Gasteiger partial charge in [-0.3, -0.25) is 18.5 Å². The van der Waals surface area contributed by atoms with E-state index in [1.807, 2.05) is 40.9 Å². The van der Waals surface area contributed by atoms with E-state index in [2.05, 4.69) is 42.3 Å². The highest BCUT2D eigenvalue weighted by Crippen LogP contribution is 2.23. The molecule has 0 aliphatic carbocycles. The van der Waals surface area contributed by atoms with Crippen LogP contribution in [0.1, 0.15) is 11.1 Å². The lowest BCUT2D eigenvalue weighted by atomic mass is 10.1. The Morgan fingerprint density at radius 2 is 1.97 bits per heavy atom. The van der Waals surface area contributed by atoms with Gasteiger partial charge in [-0.25, -0.2) is 15.0 Å². The van der Waals surface area contributed by atoms with E-state index < -0.39 is 10.8 Å². The van der Waals surface area contributed by atoms with Gasteiger partial charge in [-0.2, -0.15) is 0 Å². The standard InChI is InChI=1S/C28H32N8O2S/c1-30-18-23(16-29)22-4-2-21(3-5-22)17-31-27-15-25(33-20-34-27)26-19-32-28-14-24(6-7-36(26)28)38-11-8-35-9-12-39(37)13-10-35/h2-7,14-16,18-20H,8-13,17,29H2,1H3,(H,31,33,34). The number of ether oxygens (including phenoxy) is 1. The Morgan fingerprint density at radius 1 is 1.15 bits per heavy atom. The quantitative estimate of drug-likeness (QED) is 0.292. The molecule has 10 nitrogen and oxygen atoms in total. The number of nitrogens with one attached hydrogen (secondary N) is 1. The van der Waals surface area contributed by atoms with Crippen molar-refractivity contribution < 1.29 is 8.95 Å². The SMILES string of the molecule is CN=CC(=CN)c1ccc(CNc2cc(-c3cnc4cc(OCCN5CCS(=O)CC5)ccn34)ncn2)cc1. The first-order valence-electron chi connectivity index (χ1n) is 12.8. The first-order valence-corrected chi connectivity index (χ1v) is 14.3. The van der Waals surface area contributed by atoms with Gasteiger partial charge in [0.25, 0.3) is 0 Å². The zero-order valence-corrected chi connectivity index (χ0v) is 22.7. The summed E-state index contributed by atoms with van der Waals surface area (Å²) < 4.78 is 19.5. The van der Waals surface area contributed by atoms with Crippen LogP contribution in [0.25, 0.3) is 22.6 Å². The van der Waals surface area contributed by atoms with Crippen LogP contribution >= 0.6 is 0 Å².